The molecule has 0 radical (unpaired) electrons. The van der Waals surface area contributed by atoms with Crippen LogP contribution in [0.3, 0.4) is 0 Å². The molecule has 9 heavy (non-hydrogen) atoms. The zero-order chi connectivity index (χ0) is 6.10. The summed E-state index contributed by atoms with van der Waals surface area (Å²) < 4.78 is 0. The highest BCUT2D eigenvalue weighted by Crippen LogP contribution is 2.14. The summed E-state index contributed by atoms with van der Waals surface area (Å²) in [6, 6.07) is 0. The van der Waals surface area contributed by atoms with E-state index in [1.165, 1.54) is 0 Å². The van der Waals surface area contributed by atoms with E-state index in [1.807, 2.05) is 0 Å². The van der Waals surface area contributed by atoms with Crippen molar-refractivity contribution in [1.82, 2.24) is 9.97 Å². The lowest BCUT2D eigenvalue weighted by atomic mass is 10.3. The van der Waals surface area contributed by atoms with E-state index in [4.69, 9.17) is 0 Å². The summed E-state index contributed by atoms with van der Waals surface area (Å²) in [5.74, 6) is 0. The topological polar surface area (TPSA) is 53.4 Å². The average molecular weight is 122 g/mol. The van der Waals surface area contributed by atoms with Crippen LogP contribution in [0.15, 0.2) is 22.8 Å². The number of H-pyrrole nitrogens is 1. The number of nitrogens with one attached hydrogen (secondary N) is 1. The van der Waals surface area contributed by atoms with Gasteiger partial charge in [-0.25, -0.2) is 4.98 Å². The molecule has 4 heteroatoms. The van der Waals surface area contributed by atoms with Gasteiger partial charge in [0.1, 0.15) is 0 Å². The predicted molar refractivity (Wildman–Crippen MR) is 30.9 cm³/mol. The molecule has 0 saturated carbocycles. The quantitative estimate of drug-likeness (QED) is 0.618. The Balaban J connectivity index is 1.99. The SMILES string of the molecule is c1ncc(CC2N=N2)[nH]1. The molecule has 0 atom stereocenters. The summed E-state index contributed by atoms with van der Waals surface area (Å²) in [6.07, 6.45) is 4.55. The minimum atomic E-state index is 0.213. The van der Waals surface area contributed by atoms with Crippen molar-refractivity contribution < 1.29 is 0 Å². The Hall–Kier alpha value is -1.19. The van der Waals surface area contributed by atoms with Gasteiger partial charge in [0.15, 0.2) is 6.17 Å². The molecule has 1 N–H and O–H groups in total. The van der Waals surface area contributed by atoms with Crippen molar-refractivity contribution in [3.05, 3.63) is 18.2 Å². The summed E-state index contributed by atoms with van der Waals surface area (Å²) in [6.45, 7) is 0. The Bertz CT molecular complexity index is 207. The Kier molecular flexibility index (Phi) is 0.855. The molecular weight excluding hydrogens is 116 g/mol. The highest BCUT2D eigenvalue weighted by atomic mass is 15.4. The monoisotopic (exact) mass is 122 g/mol. The normalized spacial score (nSPS) is 16.4. The van der Waals surface area contributed by atoms with E-state index in [0.29, 0.717) is 0 Å². The molecule has 1 aromatic rings. The Morgan fingerprint density at radius 3 is 3.00 bits per heavy atom. The molecule has 2 rings (SSSR count). The Morgan fingerprint density at radius 2 is 2.44 bits per heavy atom. The summed E-state index contributed by atoms with van der Waals surface area (Å²) in [5, 5.41) is 7.51. The van der Waals surface area contributed by atoms with Crippen LogP contribution in [-0.4, -0.2) is 16.1 Å². The van der Waals surface area contributed by atoms with Crippen LogP contribution >= 0.6 is 0 Å². The fourth-order valence-corrected chi connectivity index (χ4v) is 0.722. The lowest BCUT2D eigenvalue weighted by molar-refractivity contribution is 0.878. The first-order chi connectivity index (χ1) is 4.45. The van der Waals surface area contributed by atoms with Gasteiger partial charge in [-0.1, -0.05) is 0 Å². The second-order valence-corrected chi connectivity index (χ2v) is 1.99. The molecule has 2 heterocycles. The van der Waals surface area contributed by atoms with Gasteiger partial charge in [0, 0.05) is 18.3 Å². The van der Waals surface area contributed by atoms with E-state index in [-0.39, 0.29) is 6.17 Å². The van der Waals surface area contributed by atoms with Crippen LogP contribution < -0.4 is 0 Å². The summed E-state index contributed by atoms with van der Waals surface area (Å²) in [5.41, 5.74) is 1.10. The van der Waals surface area contributed by atoms with E-state index in [1.54, 1.807) is 12.5 Å². The molecule has 4 nitrogen and oxygen atoms in total. The van der Waals surface area contributed by atoms with Gasteiger partial charge >= 0.3 is 0 Å². The minimum absolute atomic E-state index is 0.213. The van der Waals surface area contributed by atoms with Crippen LogP contribution in [0.2, 0.25) is 0 Å². The number of rotatable bonds is 2. The predicted octanol–water partition coefficient (Wildman–Crippen LogP) is 0.744. The van der Waals surface area contributed by atoms with E-state index in [2.05, 4.69) is 20.2 Å². The molecule has 0 amide bonds. The zero-order valence-electron chi connectivity index (χ0n) is 4.78. The van der Waals surface area contributed by atoms with Gasteiger partial charge in [0.2, 0.25) is 0 Å². The van der Waals surface area contributed by atoms with Crippen molar-refractivity contribution >= 4 is 0 Å². The van der Waals surface area contributed by atoms with Gasteiger partial charge in [-0.3, -0.25) is 0 Å². The fraction of sp³-hybridized carbons (Fsp3) is 0.400. The van der Waals surface area contributed by atoms with Crippen LogP contribution in [0.1, 0.15) is 5.69 Å². The minimum Gasteiger partial charge on any atom is -0.348 e. The molecular formula is C5H6N4. The van der Waals surface area contributed by atoms with Crippen molar-refractivity contribution in [1.29, 1.82) is 0 Å². The number of imidazole rings is 1. The largest absolute Gasteiger partial charge is 0.348 e. The third-order valence-electron chi connectivity index (χ3n) is 1.24. The van der Waals surface area contributed by atoms with E-state index >= 15 is 0 Å². The molecule has 0 saturated heterocycles. The van der Waals surface area contributed by atoms with Crippen molar-refractivity contribution in [2.24, 2.45) is 10.2 Å². The van der Waals surface area contributed by atoms with Crippen LogP contribution in [0.4, 0.5) is 0 Å². The maximum absolute atomic E-state index is 3.86. The van der Waals surface area contributed by atoms with Gasteiger partial charge in [-0.2, -0.15) is 10.2 Å². The molecule has 0 bridgehead atoms. The standard InChI is InChI=1S/C5H6N4/c1(5-8-9-5)4-2-6-3-7-4/h2-3,5H,1H2,(H,6,7). The molecule has 46 valence electrons. The maximum atomic E-state index is 3.86. The molecule has 0 aromatic carbocycles. The van der Waals surface area contributed by atoms with Gasteiger partial charge in [-0.05, 0) is 0 Å². The van der Waals surface area contributed by atoms with Crippen LogP contribution in [-0.2, 0) is 6.42 Å². The number of hydrogen-bond acceptors (Lipinski definition) is 3. The third-order valence-corrected chi connectivity index (χ3v) is 1.24. The first kappa shape index (κ1) is 4.67. The molecule has 0 spiro atoms. The van der Waals surface area contributed by atoms with E-state index in [9.17, 15) is 0 Å². The van der Waals surface area contributed by atoms with Crippen molar-refractivity contribution in [2.75, 3.05) is 0 Å². The lowest BCUT2D eigenvalue weighted by Gasteiger charge is -1.85. The smallest absolute Gasteiger partial charge is 0.186 e. The summed E-state index contributed by atoms with van der Waals surface area (Å²) in [7, 11) is 0. The van der Waals surface area contributed by atoms with Crippen LogP contribution in [0.25, 0.3) is 0 Å². The average Bonchev–Trinajstić information content (AvgIpc) is 2.46. The van der Waals surface area contributed by atoms with E-state index < -0.39 is 0 Å². The van der Waals surface area contributed by atoms with Gasteiger partial charge in [-0.15, -0.1) is 0 Å². The molecule has 0 aliphatic carbocycles. The van der Waals surface area contributed by atoms with E-state index in [0.717, 1.165) is 12.1 Å². The van der Waals surface area contributed by atoms with Gasteiger partial charge in [0.25, 0.3) is 0 Å². The first-order valence-corrected chi connectivity index (χ1v) is 2.82. The molecule has 0 fully saturated rings. The molecule has 1 aliphatic heterocycles. The molecule has 1 aliphatic rings. The van der Waals surface area contributed by atoms with Gasteiger partial charge < -0.3 is 4.98 Å². The van der Waals surface area contributed by atoms with Crippen molar-refractivity contribution in [3.63, 3.8) is 0 Å². The van der Waals surface area contributed by atoms with Crippen molar-refractivity contribution in [3.8, 4) is 0 Å². The number of aromatic amines is 1. The van der Waals surface area contributed by atoms with Crippen LogP contribution in [0.5, 0.6) is 0 Å². The maximum Gasteiger partial charge on any atom is 0.186 e. The second-order valence-electron chi connectivity index (χ2n) is 1.99. The Labute approximate surface area is 52.0 Å². The van der Waals surface area contributed by atoms with Crippen molar-refractivity contribution in [2.45, 2.75) is 12.6 Å². The second kappa shape index (κ2) is 1.65. The lowest BCUT2D eigenvalue weighted by Crippen LogP contribution is -1.91. The zero-order valence-corrected chi connectivity index (χ0v) is 4.78. The number of hydrogen-bond donors (Lipinski definition) is 1. The van der Waals surface area contributed by atoms with Crippen LogP contribution in [0, 0.1) is 0 Å². The fourth-order valence-electron chi connectivity index (χ4n) is 0.722. The summed E-state index contributed by atoms with van der Waals surface area (Å²) in [4.78, 5) is 6.84. The number of aromatic nitrogens is 2. The molecule has 1 aromatic heterocycles. The third kappa shape index (κ3) is 0.960. The molecule has 0 unspecified atom stereocenters. The Morgan fingerprint density at radius 1 is 1.56 bits per heavy atom. The number of nitrogens with zero attached hydrogens (tertiary/aromatic N) is 3. The first-order valence-electron chi connectivity index (χ1n) is 2.82. The van der Waals surface area contributed by atoms with Gasteiger partial charge in [0.05, 0.1) is 6.33 Å². The highest BCUT2D eigenvalue weighted by Gasteiger charge is 2.15. The summed E-state index contributed by atoms with van der Waals surface area (Å²) >= 11 is 0. The highest BCUT2D eigenvalue weighted by molar-refractivity contribution is 4.98.